The highest BCUT2D eigenvalue weighted by Crippen LogP contribution is 2.49. The number of hydrogen-bond acceptors (Lipinski definition) is 7. The molecule has 0 amide bonds. The van der Waals surface area contributed by atoms with Crippen LogP contribution in [-0.4, -0.2) is 19.9 Å². The molecular weight excluding hydrogens is 881 g/mol. The summed E-state index contributed by atoms with van der Waals surface area (Å²) in [5, 5.41) is 35.5. The zero-order valence-electron chi connectivity index (χ0n) is 38.2. The molecule has 0 aliphatic heterocycles. The van der Waals surface area contributed by atoms with Gasteiger partial charge in [-0.05, 0) is 182 Å². The van der Waals surface area contributed by atoms with Crippen LogP contribution in [0.15, 0.2) is 207 Å². The molecule has 8 nitrogen and oxygen atoms in total. The fourth-order valence-electron chi connectivity index (χ4n) is 9.99. The molecule has 0 spiro atoms. The summed E-state index contributed by atoms with van der Waals surface area (Å²) in [7, 11) is 0. The first-order valence-electron chi connectivity index (χ1n) is 23.1. The highest BCUT2D eigenvalue weighted by Gasteiger charge is 2.22. The summed E-state index contributed by atoms with van der Waals surface area (Å²) in [4.78, 5) is 20.3. The van der Waals surface area contributed by atoms with Gasteiger partial charge in [0.1, 0.15) is 41.5 Å². The van der Waals surface area contributed by atoms with E-state index >= 15 is 0 Å². The molecule has 0 fully saturated rings. The quantitative estimate of drug-likeness (QED) is 0.110. The minimum absolute atomic E-state index is 0.352. The van der Waals surface area contributed by atoms with Gasteiger partial charge in [-0.15, -0.1) is 4.98 Å². The Morgan fingerprint density at radius 3 is 0.833 bits per heavy atom. The van der Waals surface area contributed by atoms with Crippen LogP contribution in [0.3, 0.4) is 0 Å². The molecule has 12 aromatic rings. The number of benzene rings is 8. The normalized spacial score (nSPS) is 11.0. The molecule has 72 heavy (non-hydrogen) atoms. The van der Waals surface area contributed by atoms with Crippen LogP contribution in [0.25, 0.3) is 126 Å². The van der Waals surface area contributed by atoms with Crippen LogP contribution < -0.4 is 0 Å². The van der Waals surface area contributed by atoms with Crippen LogP contribution in [0.4, 0.5) is 5.82 Å². The number of nitrogens with zero attached hydrogens (tertiary/aromatic N) is 8. The van der Waals surface area contributed by atoms with Gasteiger partial charge >= 0.3 is 0 Å². The first kappa shape index (κ1) is 42.7. The maximum atomic E-state index is 9.59. The van der Waals surface area contributed by atoms with Crippen molar-refractivity contribution in [3.05, 3.63) is 235 Å². The molecular formula is C64H34N8. The van der Waals surface area contributed by atoms with E-state index in [0.717, 1.165) is 121 Å². The predicted molar refractivity (Wildman–Crippen MR) is 285 cm³/mol. The van der Waals surface area contributed by atoms with Crippen molar-refractivity contribution in [1.82, 2.24) is 19.9 Å². The first-order chi connectivity index (χ1) is 35.5. The van der Waals surface area contributed by atoms with E-state index < -0.39 is 0 Å². The summed E-state index contributed by atoms with van der Waals surface area (Å²) >= 11 is 0. The molecule has 0 N–H and O–H groups in total. The molecule has 330 valence electrons. The minimum atomic E-state index is 0.352. The molecule has 0 radical (unpaired) electrons. The van der Waals surface area contributed by atoms with Crippen LogP contribution in [0.1, 0.15) is 17.1 Å². The Balaban J connectivity index is 1.10. The standard InChI is InChI=1S/C64H34N8/c1-68-62-33-50(25-29-72-62)42-8-16-46(17-9-42)61-35-60(45-14-6-41(7-15-45)49-24-28-71-53(32-49)38-67)56-19-18-54-58(43-10-2-39(3-11-43)47-22-26-69-51(30-47)36-65)34-59(55-20-21-57(61)64(56)63(54)55)44-12-4-40(5-13-44)48-23-27-70-52(31-48)37-66/h2-35H. The molecule has 0 saturated heterocycles. The molecule has 0 aliphatic rings. The van der Waals surface area contributed by atoms with E-state index in [2.05, 4.69) is 176 Å². The largest absolute Gasteiger partial charge is 0.361 e. The van der Waals surface area contributed by atoms with Gasteiger partial charge < -0.3 is 4.85 Å². The fraction of sp³-hybridized carbons (Fsp3) is 0. The Morgan fingerprint density at radius 1 is 0.292 bits per heavy atom. The summed E-state index contributed by atoms with van der Waals surface area (Å²) < 4.78 is 0. The lowest BCUT2D eigenvalue weighted by Gasteiger charge is -2.22. The minimum Gasteiger partial charge on any atom is -0.361 e. The lowest BCUT2D eigenvalue weighted by molar-refractivity contribution is 1.26. The summed E-state index contributed by atoms with van der Waals surface area (Å²) in [5.74, 6) is 0.352. The van der Waals surface area contributed by atoms with Crippen molar-refractivity contribution >= 4 is 38.1 Å². The van der Waals surface area contributed by atoms with Crippen LogP contribution in [0.5, 0.6) is 0 Å². The second kappa shape index (κ2) is 17.8. The van der Waals surface area contributed by atoms with Crippen molar-refractivity contribution in [3.8, 4) is 107 Å². The zero-order valence-corrected chi connectivity index (χ0v) is 38.2. The molecule has 4 heterocycles. The average molecular weight is 915 g/mol. The Bertz CT molecular complexity index is 3730. The van der Waals surface area contributed by atoms with Gasteiger partial charge in [0.2, 0.25) is 0 Å². The molecule has 0 atom stereocenters. The summed E-state index contributed by atoms with van der Waals surface area (Å²) in [6.07, 6.45) is 6.68. The van der Waals surface area contributed by atoms with E-state index in [-0.39, 0.29) is 0 Å². The van der Waals surface area contributed by atoms with E-state index in [4.69, 9.17) is 6.57 Å². The second-order valence-electron chi connectivity index (χ2n) is 17.5. The zero-order chi connectivity index (χ0) is 48.7. The summed E-state index contributed by atoms with van der Waals surface area (Å²) in [6, 6.07) is 69.2. The Labute approximate surface area is 414 Å². The number of rotatable bonds is 8. The van der Waals surface area contributed by atoms with Crippen molar-refractivity contribution in [2.45, 2.75) is 0 Å². The monoisotopic (exact) mass is 914 g/mol. The summed E-state index contributed by atoms with van der Waals surface area (Å²) in [5.41, 5.74) is 17.2. The van der Waals surface area contributed by atoms with Gasteiger partial charge in [0.25, 0.3) is 5.82 Å². The van der Waals surface area contributed by atoms with Crippen LogP contribution in [-0.2, 0) is 0 Å². The van der Waals surface area contributed by atoms with E-state index in [9.17, 15) is 15.8 Å². The van der Waals surface area contributed by atoms with Crippen LogP contribution in [0, 0.1) is 40.6 Å². The van der Waals surface area contributed by atoms with Gasteiger partial charge in [-0.25, -0.2) is 15.0 Å². The molecule has 4 aromatic heterocycles. The van der Waals surface area contributed by atoms with Gasteiger partial charge in [0.05, 0.1) is 0 Å². The third kappa shape index (κ3) is 7.58. The second-order valence-corrected chi connectivity index (χ2v) is 17.5. The number of hydrogen-bond donors (Lipinski definition) is 0. The van der Waals surface area contributed by atoms with Crippen molar-refractivity contribution in [2.75, 3.05) is 0 Å². The smallest absolute Gasteiger partial charge is 0.270 e. The van der Waals surface area contributed by atoms with Gasteiger partial charge in [-0.1, -0.05) is 128 Å². The molecule has 0 aliphatic carbocycles. The van der Waals surface area contributed by atoms with E-state index in [1.54, 1.807) is 24.8 Å². The summed E-state index contributed by atoms with van der Waals surface area (Å²) in [6.45, 7) is 7.54. The van der Waals surface area contributed by atoms with Crippen molar-refractivity contribution in [1.29, 1.82) is 15.8 Å². The van der Waals surface area contributed by atoms with Crippen LogP contribution >= 0.6 is 0 Å². The molecule has 0 saturated carbocycles. The van der Waals surface area contributed by atoms with E-state index in [0.29, 0.717) is 22.9 Å². The number of nitriles is 3. The topological polar surface area (TPSA) is 127 Å². The van der Waals surface area contributed by atoms with Gasteiger partial charge in [0, 0.05) is 18.6 Å². The van der Waals surface area contributed by atoms with Crippen molar-refractivity contribution < 1.29 is 0 Å². The predicted octanol–water partition coefficient (Wildman–Crippen LogP) is 15.7. The third-order valence-corrected chi connectivity index (χ3v) is 13.5. The van der Waals surface area contributed by atoms with Crippen molar-refractivity contribution in [2.24, 2.45) is 0 Å². The molecule has 8 aromatic carbocycles. The first-order valence-corrected chi connectivity index (χ1v) is 23.1. The van der Waals surface area contributed by atoms with Gasteiger partial charge in [0.15, 0.2) is 0 Å². The highest BCUT2D eigenvalue weighted by molar-refractivity contribution is 6.32. The number of pyridine rings is 4. The lowest BCUT2D eigenvalue weighted by atomic mass is 9.81. The molecule has 0 unspecified atom stereocenters. The Kier molecular flexibility index (Phi) is 10.5. The highest BCUT2D eigenvalue weighted by atomic mass is 14.8. The third-order valence-electron chi connectivity index (χ3n) is 13.5. The molecule has 12 rings (SSSR count). The van der Waals surface area contributed by atoms with E-state index in [1.807, 2.05) is 48.5 Å². The van der Waals surface area contributed by atoms with E-state index in [1.165, 1.54) is 0 Å². The van der Waals surface area contributed by atoms with Crippen LogP contribution in [0.2, 0.25) is 0 Å². The molecule has 8 heteroatoms. The maximum absolute atomic E-state index is 9.59. The average Bonchev–Trinajstić information content (AvgIpc) is 3.46. The SMILES string of the molecule is [C-]#[N+]c1cc(-c2ccc(-c3cc(-c4ccc(-c5ccnc(C#N)c5)cc4)c4ccc5c(-c6ccc(-c7ccnc(C#N)c7)cc6)cc(-c6ccc(-c7ccnc(C#N)c7)cc6)c6ccc3c4c56)cc2)ccn1. The van der Waals surface area contributed by atoms with Crippen molar-refractivity contribution in [3.63, 3.8) is 0 Å². The lowest BCUT2D eigenvalue weighted by Crippen LogP contribution is -1.95. The maximum Gasteiger partial charge on any atom is 0.270 e. The number of aromatic nitrogens is 4. The van der Waals surface area contributed by atoms with Gasteiger partial charge in [-0.3, -0.25) is 0 Å². The molecule has 0 bridgehead atoms. The Hall–Kier alpha value is -10.6. The Morgan fingerprint density at radius 2 is 0.556 bits per heavy atom. The van der Waals surface area contributed by atoms with Gasteiger partial charge in [-0.2, -0.15) is 15.8 Å². The fourth-order valence-corrected chi connectivity index (χ4v) is 9.99.